The van der Waals surface area contributed by atoms with Crippen molar-refractivity contribution in [1.82, 2.24) is 9.88 Å². The number of aryl methyl sites for hydroxylation is 1. The average molecular weight is 365 g/mol. The average Bonchev–Trinajstić information content (AvgIpc) is 2.77. The van der Waals surface area contributed by atoms with E-state index < -0.39 is 17.8 Å². The van der Waals surface area contributed by atoms with Crippen molar-refractivity contribution in [3.05, 3.63) is 41.1 Å². The lowest BCUT2D eigenvalue weighted by Crippen LogP contribution is -2.30. The predicted octanol–water partition coefficient (Wildman–Crippen LogP) is 4.10. The highest BCUT2D eigenvalue weighted by atomic mass is 19.4. The summed E-state index contributed by atoms with van der Waals surface area (Å²) in [6.07, 6.45) is -3.11. The van der Waals surface area contributed by atoms with Crippen LogP contribution < -0.4 is 0 Å². The second-order valence-electron chi connectivity index (χ2n) is 6.83. The molecule has 1 aromatic heterocycles. The maximum absolute atomic E-state index is 13.3. The van der Waals surface area contributed by atoms with Gasteiger partial charge in [-0.05, 0) is 50.4 Å². The minimum absolute atomic E-state index is 0.119. The van der Waals surface area contributed by atoms with Crippen molar-refractivity contribution in [2.24, 2.45) is 0 Å². The quantitative estimate of drug-likeness (QED) is 0.861. The molecule has 0 spiro atoms. The zero-order chi connectivity index (χ0) is 18.9. The fraction of sp³-hybridized carbons (Fsp3) is 0.474. The van der Waals surface area contributed by atoms with Gasteiger partial charge in [-0.1, -0.05) is 12.1 Å². The summed E-state index contributed by atoms with van der Waals surface area (Å²) in [4.78, 5) is 6.15. The highest BCUT2D eigenvalue weighted by Crippen LogP contribution is 2.36. The van der Waals surface area contributed by atoms with E-state index in [1.54, 1.807) is 19.1 Å². The molecule has 4 nitrogen and oxygen atoms in total. The molecule has 1 saturated heterocycles. The first-order valence-electron chi connectivity index (χ1n) is 8.70. The summed E-state index contributed by atoms with van der Waals surface area (Å²) < 4.78 is 39.9. The molecule has 1 fully saturated rings. The lowest BCUT2D eigenvalue weighted by molar-refractivity contribution is -0.136. The van der Waals surface area contributed by atoms with Crippen molar-refractivity contribution >= 4 is 16.6 Å². The first-order valence-corrected chi connectivity index (χ1v) is 8.70. The SMILES string of the molecule is Cc1cc(C(O)CN2CCCC(=N)CC2)c2cccc(C(F)(F)F)c2n1. The van der Waals surface area contributed by atoms with Gasteiger partial charge in [0.1, 0.15) is 0 Å². The summed E-state index contributed by atoms with van der Waals surface area (Å²) in [5.74, 6) is 0. The molecule has 0 saturated carbocycles. The molecule has 1 aliphatic rings. The van der Waals surface area contributed by atoms with Crippen molar-refractivity contribution < 1.29 is 18.3 Å². The molecule has 2 heterocycles. The molecule has 0 bridgehead atoms. The number of nitrogens with one attached hydrogen (secondary N) is 1. The Hall–Kier alpha value is -1.99. The number of aliphatic hydroxyl groups is 1. The Morgan fingerprint density at radius 2 is 2.04 bits per heavy atom. The molecule has 1 unspecified atom stereocenters. The van der Waals surface area contributed by atoms with Gasteiger partial charge < -0.3 is 15.4 Å². The highest BCUT2D eigenvalue weighted by molar-refractivity contribution is 5.86. The second kappa shape index (κ2) is 7.32. The molecule has 0 radical (unpaired) electrons. The number of halogens is 3. The van der Waals surface area contributed by atoms with Gasteiger partial charge in [-0.3, -0.25) is 4.98 Å². The van der Waals surface area contributed by atoms with E-state index in [1.807, 2.05) is 0 Å². The first kappa shape index (κ1) is 18.8. The predicted molar refractivity (Wildman–Crippen MR) is 94.5 cm³/mol. The number of hydrogen-bond acceptors (Lipinski definition) is 4. The summed E-state index contributed by atoms with van der Waals surface area (Å²) >= 11 is 0. The third-order valence-corrected chi connectivity index (χ3v) is 4.78. The van der Waals surface area contributed by atoms with Crippen LogP contribution in [0.1, 0.15) is 42.2 Å². The van der Waals surface area contributed by atoms with E-state index in [0.29, 0.717) is 41.9 Å². The number of alkyl halides is 3. The van der Waals surface area contributed by atoms with Crippen LogP contribution in [-0.4, -0.2) is 40.3 Å². The maximum atomic E-state index is 13.3. The Balaban J connectivity index is 1.95. The second-order valence-corrected chi connectivity index (χ2v) is 6.83. The Bertz CT molecular complexity index is 820. The van der Waals surface area contributed by atoms with E-state index in [9.17, 15) is 18.3 Å². The van der Waals surface area contributed by atoms with Crippen molar-refractivity contribution in [3.63, 3.8) is 0 Å². The number of pyridine rings is 1. The summed E-state index contributed by atoms with van der Waals surface area (Å²) in [7, 11) is 0. The fourth-order valence-electron chi connectivity index (χ4n) is 3.48. The standard InChI is InChI=1S/C19H22F3N3O/c1-12-10-15(17(26)11-25-8-3-4-13(23)7-9-25)14-5-2-6-16(18(14)24-12)19(20,21)22/h2,5-6,10,17,23,26H,3-4,7-9,11H2,1H3. The van der Waals surface area contributed by atoms with Gasteiger partial charge in [0.25, 0.3) is 0 Å². The Morgan fingerprint density at radius 1 is 1.27 bits per heavy atom. The zero-order valence-corrected chi connectivity index (χ0v) is 14.6. The van der Waals surface area contributed by atoms with Gasteiger partial charge in [0.05, 0.1) is 17.2 Å². The van der Waals surface area contributed by atoms with Crippen LogP contribution in [0.3, 0.4) is 0 Å². The lowest BCUT2D eigenvalue weighted by atomic mass is 9.99. The van der Waals surface area contributed by atoms with Crippen LogP contribution in [0.4, 0.5) is 13.2 Å². The molecule has 3 rings (SSSR count). The van der Waals surface area contributed by atoms with Crippen molar-refractivity contribution in [2.45, 2.75) is 38.5 Å². The van der Waals surface area contributed by atoms with E-state index in [0.717, 1.165) is 25.5 Å². The fourth-order valence-corrected chi connectivity index (χ4v) is 3.48. The summed E-state index contributed by atoms with van der Waals surface area (Å²) in [5.41, 5.74) is 0.725. The van der Waals surface area contributed by atoms with Crippen molar-refractivity contribution in [2.75, 3.05) is 19.6 Å². The van der Waals surface area contributed by atoms with Gasteiger partial charge in [0, 0.05) is 29.9 Å². The smallest absolute Gasteiger partial charge is 0.387 e. The maximum Gasteiger partial charge on any atom is 0.418 e. The third-order valence-electron chi connectivity index (χ3n) is 4.78. The Morgan fingerprint density at radius 3 is 2.77 bits per heavy atom. The van der Waals surface area contributed by atoms with E-state index in [4.69, 9.17) is 5.41 Å². The van der Waals surface area contributed by atoms with Gasteiger partial charge >= 0.3 is 6.18 Å². The molecule has 7 heteroatoms. The molecule has 0 aliphatic carbocycles. The molecule has 0 amide bonds. The summed E-state index contributed by atoms with van der Waals surface area (Å²) in [6.45, 7) is 3.43. The molecule has 140 valence electrons. The van der Waals surface area contributed by atoms with Gasteiger partial charge in [0.15, 0.2) is 0 Å². The monoisotopic (exact) mass is 365 g/mol. The van der Waals surface area contributed by atoms with Crippen LogP contribution in [0, 0.1) is 12.3 Å². The van der Waals surface area contributed by atoms with Crippen LogP contribution in [0.2, 0.25) is 0 Å². The van der Waals surface area contributed by atoms with Gasteiger partial charge in [-0.2, -0.15) is 13.2 Å². The number of rotatable bonds is 3. The lowest BCUT2D eigenvalue weighted by Gasteiger charge is -2.24. The zero-order valence-electron chi connectivity index (χ0n) is 14.6. The number of benzene rings is 1. The minimum Gasteiger partial charge on any atom is -0.387 e. The molecule has 2 N–H and O–H groups in total. The molecular weight excluding hydrogens is 343 g/mol. The van der Waals surface area contributed by atoms with E-state index in [2.05, 4.69) is 9.88 Å². The number of β-amino-alcohol motifs (C(OH)–C–C–N with tert-alkyl or cyclic N) is 1. The number of aromatic nitrogens is 1. The van der Waals surface area contributed by atoms with Gasteiger partial charge in [-0.15, -0.1) is 0 Å². The molecule has 1 atom stereocenters. The summed E-state index contributed by atoms with van der Waals surface area (Å²) in [5, 5.41) is 18.9. The largest absolute Gasteiger partial charge is 0.418 e. The number of aliphatic hydroxyl groups excluding tert-OH is 1. The Labute approximate surface area is 150 Å². The first-order chi connectivity index (χ1) is 12.3. The Kier molecular flexibility index (Phi) is 5.29. The number of hydrogen-bond donors (Lipinski definition) is 2. The van der Waals surface area contributed by atoms with E-state index >= 15 is 0 Å². The van der Waals surface area contributed by atoms with E-state index in [1.165, 1.54) is 6.07 Å². The molecule has 1 aromatic carbocycles. The van der Waals surface area contributed by atoms with Gasteiger partial charge in [0.2, 0.25) is 0 Å². The number of fused-ring (bicyclic) bond motifs is 1. The molecule has 1 aliphatic heterocycles. The molecule has 2 aromatic rings. The van der Waals surface area contributed by atoms with Crippen molar-refractivity contribution in [3.8, 4) is 0 Å². The third kappa shape index (κ3) is 4.04. The van der Waals surface area contributed by atoms with Crippen molar-refractivity contribution in [1.29, 1.82) is 5.41 Å². The number of nitrogens with zero attached hydrogens (tertiary/aromatic N) is 2. The van der Waals surface area contributed by atoms with Gasteiger partial charge in [-0.25, -0.2) is 0 Å². The molecule has 26 heavy (non-hydrogen) atoms. The highest BCUT2D eigenvalue weighted by Gasteiger charge is 2.34. The van der Waals surface area contributed by atoms with E-state index in [-0.39, 0.29) is 5.52 Å². The van der Waals surface area contributed by atoms with Crippen LogP contribution in [0.5, 0.6) is 0 Å². The number of likely N-dealkylation sites (tertiary alicyclic amines) is 1. The van der Waals surface area contributed by atoms with Crippen LogP contribution in [0.15, 0.2) is 24.3 Å². The van der Waals surface area contributed by atoms with Crippen LogP contribution in [0.25, 0.3) is 10.9 Å². The van der Waals surface area contributed by atoms with Crippen LogP contribution >= 0.6 is 0 Å². The summed E-state index contributed by atoms with van der Waals surface area (Å²) in [6, 6.07) is 5.61. The number of para-hydroxylation sites is 1. The minimum atomic E-state index is -4.49. The van der Waals surface area contributed by atoms with Crippen LogP contribution in [-0.2, 0) is 6.18 Å². The normalized spacial score (nSPS) is 18.1. The molecular formula is C19H22F3N3O. The topological polar surface area (TPSA) is 60.2 Å².